The summed E-state index contributed by atoms with van der Waals surface area (Å²) in [5, 5.41) is 10.1. The molecule has 0 spiro atoms. The van der Waals surface area contributed by atoms with Gasteiger partial charge in [0, 0.05) is 57.1 Å². The number of hydrogen-bond acceptors (Lipinski definition) is 7. The lowest BCUT2D eigenvalue weighted by Gasteiger charge is -2.34. The highest BCUT2D eigenvalue weighted by Crippen LogP contribution is 2.32. The number of aliphatic hydroxyl groups excluding tert-OH is 1. The van der Waals surface area contributed by atoms with E-state index < -0.39 is 0 Å². The number of nitrogens with zero attached hydrogens (tertiary/aromatic N) is 2. The molecule has 41 heavy (non-hydrogen) atoms. The van der Waals surface area contributed by atoms with E-state index in [1.807, 2.05) is 53.4 Å². The lowest BCUT2D eigenvalue weighted by atomic mass is 9.91. The number of methoxy groups -OCH3 is 1. The second-order valence-electron chi connectivity index (χ2n) is 10.6. The number of rotatable bonds is 8. The van der Waals surface area contributed by atoms with Gasteiger partial charge >= 0.3 is 0 Å². The predicted octanol–water partition coefficient (Wildman–Crippen LogP) is 4.85. The summed E-state index contributed by atoms with van der Waals surface area (Å²) < 4.78 is 22.6. The smallest absolute Gasteiger partial charge is 0.253 e. The zero-order valence-electron chi connectivity index (χ0n) is 23.8. The normalized spacial score (nSPS) is 17.4. The summed E-state index contributed by atoms with van der Waals surface area (Å²) in [6.45, 7) is 6.46. The van der Waals surface area contributed by atoms with Gasteiger partial charge in [-0.3, -0.25) is 9.69 Å². The van der Waals surface area contributed by atoms with Crippen molar-refractivity contribution < 1.29 is 28.8 Å². The van der Waals surface area contributed by atoms with Gasteiger partial charge in [0.1, 0.15) is 17.2 Å². The van der Waals surface area contributed by atoms with E-state index in [1.54, 1.807) is 7.11 Å². The molecule has 0 atom stereocenters. The summed E-state index contributed by atoms with van der Waals surface area (Å²) in [4.78, 5) is 17.4. The first-order chi connectivity index (χ1) is 20.1. The van der Waals surface area contributed by atoms with Crippen molar-refractivity contribution in [3.05, 3.63) is 89.0 Å². The number of carbonyl (C=O) groups is 1. The largest absolute Gasteiger partial charge is 0.497 e. The predicted molar refractivity (Wildman–Crippen MR) is 157 cm³/mol. The molecule has 0 unspecified atom stereocenters. The molecule has 8 heteroatoms. The number of ether oxygens (including phenoxy) is 4. The minimum Gasteiger partial charge on any atom is -0.497 e. The van der Waals surface area contributed by atoms with E-state index in [2.05, 4.69) is 23.1 Å². The summed E-state index contributed by atoms with van der Waals surface area (Å²) in [6, 6.07) is 21.4. The highest BCUT2D eigenvalue weighted by atomic mass is 16.5. The molecule has 2 heterocycles. The quantitative estimate of drug-likeness (QED) is 0.422. The van der Waals surface area contributed by atoms with Gasteiger partial charge < -0.3 is 29.0 Å². The van der Waals surface area contributed by atoms with Crippen LogP contribution < -0.4 is 9.47 Å². The fourth-order valence-corrected chi connectivity index (χ4v) is 5.40. The van der Waals surface area contributed by atoms with E-state index in [-0.39, 0.29) is 12.5 Å². The van der Waals surface area contributed by atoms with Crippen LogP contribution in [0.5, 0.6) is 17.2 Å². The summed E-state index contributed by atoms with van der Waals surface area (Å²) in [6.07, 6.45) is 1.84. The zero-order valence-corrected chi connectivity index (χ0v) is 23.8. The van der Waals surface area contributed by atoms with Crippen LogP contribution in [0.25, 0.3) is 0 Å². The van der Waals surface area contributed by atoms with Crippen LogP contribution in [-0.4, -0.2) is 80.5 Å². The topological polar surface area (TPSA) is 80.7 Å². The van der Waals surface area contributed by atoms with E-state index >= 15 is 0 Å². The number of aliphatic hydroxyl groups is 1. The Morgan fingerprint density at radius 2 is 1.51 bits per heavy atom. The molecule has 2 saturated heterocycles. The summed E-state index contributed by atoms with van der Waals surface area (Å²) in [5.74, 6) is 2.43. The minimum atomic E-state index is -0.121. The van der Waals surface area contributed by atoms with Crippen molar-refractivity contribution in [1.82, 2.24) is 9.80 Å². The lowest BCUT2D eigenvalue weighted by Crippen LogP contribution is -2.48. The monoisotopic (exact) mass is 560 g/mol. The van der Waals surface area contributed by atoms with Crippen molar-refractivity contribution in [2.45, 2.75) is 31.9 Å². The fraction of sp³-hybridized carbons (Fsp3) is 0.424. The maximum atomic E-state index is 13.2. The molecular weight excluding hydrogens is 520 g/mol. The Morgan fingerprint density at radius 1 is 0.854 bits per heavy atom. The Bertz CT molecular complexity index is 1250. The van der Waals surface area contributed by atoms with E-state index in [9.17, 15) is 9.90 Å². The van der Waals surface area contributed by atoms with Gasteiger partial charge in [0.2, 0.25) is 0 Å². The molecule has 0 aromatic heterocycles. The van der Waals surface area contributed by atoms with Crippen LogP contribution in [0.4, 0.5) is 0 Å². The number of benzene rings is 3. The van der Waals surface area contributed by atoms with E-state index in [0.29, 0.717) is 62.5 Å². The van der Waals surface area contributed by atoms with Crippen molar-refractivity contribution in [1.29, 1.82) is 0 Å². The minimum absolute atomic E-state index is 0.0315. The van der Waals surface area contributed by atoms with E-state index in [4.69, 9.17) is 18.9 Å². The third-order valence-corrected chi connectivity index (χ3v) is 7.87. The molecule has 1 amide bonds. The summed E-state index contributed by atoms with van der Waals surface area (Å²) >= 11 is 0. The molecule has 3 aromatic carbocycles. The Labute approximate surface area is 242 Å². The SMILES string of the molecule is COc1ccc(CN2CCN(C(=O)c3ccc(Oc4ccc(C5CCOCCOCC5)cc4CO)cc3)CC2)cc1. The standard InChI is InChI=1S/C33H40N2O6/c1-38-30-7-2-25(3-8-30)23-34-14-16-35(17-15-34)33(37)27-4-9-31(10-5-27)41-32-11-6-28(22-29(32)24-36)26-12-18-39-20-21-40-19-13-26/h2-11,22,26,36H,12-21,23-24H2,1H3. The Balaban J connectivity index is 1.15. The number of amides is 1. The molecule has 2 aliphatic rings. The van der Waals surface area contributed by atoms with Crippen molar-refractivity contribution in [3.63, 3.8) is 0 Å². The molecular formula is C33H40N2O6. The molecule has 0 saturated carbocycles. The van der Waals surface area contributed by atoms with Gasteiger partial charge in [-0.05, 0) is 78.4 Å². The summed E-state index contributed by atoms with van der Waals surface area (Å²) in [7, 11) is 1.67. The van der Waals surface area contributed by atoms with E-state index in [0.717, 1.165) is 49.4 Å². The molecule has 0 aliphatic carbocycles. The van der Waals surface area contributed by atoms with Crippen LogP contribution >= 0.6 is 0 Å². The summed E-state index contributed by atoms with van der Waals surface area (Å²) in [5.41, 5.74) is 3.76. The van der Waals surface area contributed by atoms with Crippen molar-refractivity contribution >= 4 is 5.91 Å². The van der Waals surface area contributed by atoms with Crippen molar-refractivity contribution in [3.8, 4) is 17.2 Å². The molecule has 0 radical (unpaired) electrons. The van der Waals surface area contributed by atoms with Gasteiger partial charge in [0.05, 0.1) is 26.9 Å². The van der Waals surface area contributed by atoms with Crippen LogP contribution in [0, 0.1) is 0 Å². The average molecular weight is 561 g/mol. The van der Waals surface area contributed by atoms with Gasteiger partial charge in [-0.25, -0.2) is 0 Å². The first kappa shape index (κ1) is 29.1. The van der Waals surface area contributed by atoms with Crippen molar-refractivity contribution in [2.24, 2.45) is 0 Å². The fourth-order valence-electron chi connectivity index (χ4n) is 5.40. The maximum Gasteiger partial charge on any atom is 0.253 e. The first-order valence-corrected chi connectivity index (χ1v) is 14.4. The second kappa shape index (κ2) is 14.5. The second-order valence-corrected chi connectivity index (χ2v) is 10.6. The van der Waals surface area contributed by atoms with Gasteiger partial charge in [-0.1, -0.05) is 18.2 Å². The lowest BCUT2D eigenvalue weighted by molar-refractivity contribution is 0.0584. The molecule has 2 aliphatic heterocycles. The molecule has 218 valence electrons. The molecule has 5 rings (SSSR count). The van der Waals surface area contributed by atoms with Crippen LogP contribution in [0.1, 0.15) is 45.8 Å². The van der Waals surface area contributed by atoms with Crippen LogP contribution in [0.15, 0.2) is 66.7 Å². The average Bonchev–Trinajstić information content (AvgIpc) is 3.16. The molecule has 0 bridgehead atoms. The van der Waals surface area contributed by atoms with Crippen LogP contribution in [0.3, 0.4) is 0 Å². The van der Waals surface area contributed by atoms with Gasteiger partial charge in [-0.2, -0.15) is 0 Å². The van der Waals surface area contributed by atoms with E-state index in [1.165, 1.54) is 5.56 Å². The van der Waals surface area contributed by atoms with Gasteiger partial charge in [-0.15, -0.1) is 0 Å². The number of carbonyl (C=O) groups excluding carboxylic acids is 1. The molecule has 8 nitrogen and oxygen atoms in total. The molecule has 3 aromatic rings. The third kappa shape index (κ3) is 7.86. The maximum absolute atomic E-state index is 13.2. The first-order valence-electron chi connectivity index (χ1n) is 14.4. The Hall–Kier alpha value is -3.43. The van der Waals surface area contributed by atoms with Crippen LogP contribution in [-0.2, 0) is 22.6 Å². The molecule has 1 N–H and O–H groups in total. The number of piperazine rings is 1. The molecule has 2 fully saturated rings. The van der Waals surface area contributed by atoms with Gasteiger partial charge in [0.25, 0.3) is 5.91 Å². The number of hydrogen-bond donors (Lipinski definition) is 1. The van der Waals surface area contributed by atoms with Gasteiger partial charge in [0.15, 0.2) is 0 Å². The third-order valence-electron chi connectivity index (χ3n) is 7.87. The Kier molecular flexibility index (Phi) is 10.3. The zero-order chi connectivity index (χ0) is 28.4. The van der Waals surface area contributed by atoms with Crippen LogP contribution in [0.2, 0.25) is 0 Å². The van der Waals surface area contributed by atoms with Crippen molar-refractivity contribution in [2.75, 3.05) is 59.7 Å². The highest BCUT2D eigenvalue weighted by molar-refractivity contribution is 5.94. The highest BCUT2D eigenvalue weighted by Gasteiger charge is 2.22. The Morgan fingerprint density at radius 3 is 2.15 bits per heavy atom.